The molecule has 5 nitrogen and oxygen atoms in total. The van der Waals surface area contributed by atoms with Gasteiger partial charge in [-0.1, -0.05) is 12.1 Å². The minimum Gasteiger partial charge on any atom is -0.391 e. The molecule has 1 fully saturated rings. The van der Waals surface area contributed by atoms with Crippen LogP contribution in [0.4, 0.5) is 0 Å². The summed E-state index contributed by atoms with van der Waals surface area (Å²) in [5.41, 5.74) is 1.94. The van der Waals surface area contributed by atoms with E-state index in [4.69, 9.17) is 0 Å². The third-order valence-electron chi connectivity index (χ3n) is 3.76. The Balaban J connectivity index is 1.59. The Labute approximate surface area is 117 Å². The van der Waals surface area contributed by atoms with Gasteiger partial charge in [-0.25, -0.2) is 4.98 Å². The second-order valence-corrected chi connectivity index (χ2v) is 5.34. The molecule has 2 heterocycles. The van der Waals surface area contributed by atoms with E-state index < -0.39 is 0 Å². The Bertz CT molecular complexity index is 575. The number of H-pyrrole nitrogens is 1. The highest BCUT2D eigenvalue weighted by Gasteiger charge is 2.21. The lowest BCUT2D eigenvalue weighted by Gasteiger charge is -2.30. The number of aliphatic hydroxyl groups excluding tert-OH is 1. The van der Waals surface area contributed by atoms with Crippen LogP contribution in [0.1, 0.15) is 25.1 Å². The number of rotatable bonds is 3. The highest BCUT2D eigenvalue weighted by molar-refractivity contribution is 5.77. The van der Waals surface area contributed by atoms with Crippen LogP contribution < -0.4 is 0 Å². The summed E-state index contributed by atoms with van der Waals surface area (Å²) in [5.74, 6) is 0.946. The number of aryl methyl sites for hydroxylation is 1. The van der Waals surface area contributed by atoms with Crippen molar-refractivity contribution < 1.29 is 9.90 Å². The highest BCUT2D eigenvalue weighted by Crippen LogP contribution is 2.14. The number of hydrogen-bond acceptors (Lipinski definition) is 3. The Morgan fingerprint density at radius 2 is 2.30 bits per heavy atom. The zero-order chi connectivity index (χ0) is 13.9. The van der Waals surface area contributed by atoms with Crippen LogP contribution in [0.5, 0.6) is 0 Å². The van der Waals surface area contributed by atoms with Crippen molar-refractivity contribution in [3.05, 3.63) is 30.1 Å². The number of imidazole rings is 1. The smallest absolute Gasteiger partial charge is 0.223 e. The number of aromatic nitrogens is 2. The van der Waals surface area contributed by atoms with Crippen LogP contribution in [0, 0.1) is 0 Å². The standard InChI is InChI=1S/C15H19N3O2/c19-11-4-3-9-18(10-11)15(20)8-7-14-16-12-5-1-2-6-13(12)17-14/h1-2,5-6,11,19H,3-4,7-10H2,(H,16,17)/t11-/m0/s1. The van der Waals surface area contributed by atoms with Crippen molar-refractivity contribution in [3.8, 4) is 0 Å². The average molecular weight is 273 g/mol. The van der Waals surface area contributed by atoms with Gasteiger partial charge in [0.2, 0.25) is 5.91 Å². The molecule has 1 aliphatic rings. The highest BCUT2D eigenvalue weighted by atomic mass is 16.3. The molecule has 2 aromatic rings. The van der Waals surface area contributed by atoms with E-state index in [2.05, 4.69) is 9.97 Å². The number of hydrogen-bond donors (Lipinski definition) is 2. The third kappa shape index (κ3) is 2.82. The second-order valence-electron chi connectivity index (χ2n) is 5.34. The summed E-state index contributed by atoms with van der Waals surface area (Å²) >= 11 is 0. The molecule has 0 bridgehead atoms. The maximum atomic E-state index is 12.1. The number of benzene rings is 1. The lowest BCUT2D eigenvalue weighted by molar-refractivity contribution is -0.134. The fraction of sp³-hybridized carbons (Fsp3) is 0.467. The van der Waals surface area contributed by atoms with Gasteiger partial charge in [-0.05, 0) is 25.0 Å². The van der Waals surface area contributed by atoms with E-state index >= 15 is 0 Å². The lowest BCUT2D eigenvalue weighted by Crippen LogP contribution is -2.42. The van der Waals surface area contributed by atoms with Crippen LogP contribution >= 0.6 is 0 Å². The molecule has 0 radical (unpaired) electrons. The number of β-amino-alcohol motifs (C(OH)–C–C–N with tert-alkyl or cyclic N) is 1. The summed E-state index contributed by atoms with van der Waals surface area (Å²) in [6, 6.07) is 7.85. The fourth-order valence-electron chi connectivity index (χ4n) is 2.69. The van der Waals surface area contributed by atoms with Crippen molar-refractivity contribution >= 4 is 16.9 Å². The molecule has 1 atom stereocenters. The first-order valence-electron chi connectivity index (χ1n) is 7.12. The Kier molecular flexibility index (Phi) is 3.69. The van der Waals surface area contributed by atoms with Gasteiger partial charge >= 0.3 is 0 Å². The van der Waals surface area contributed by atoms with Gasteiger partial charge in [0, 0.05) is 25.9 Å². The molecule has 5 heteroatoms. The molecule has 0 saturated carbocycles. The first kappa shape index (κ1) is 13.1. The number of nitrogens with one attached hydrogen (secondary N) is 1. The Morgan fingerprint density at radius 3 is 3.10 bits per heavy atom. The monoisotopic (exact) mass is 273 g/mol. The van der Waals surface area contributed by atoms with E-state index in [1.807, 2.05) is 24.3 Å². The van der Waals surface area contributed by atoms with Crippen molar-refractivity contribution in [2.75, 3.05) is 13.1 Å². The quantitative estimate of drug-likeness (QED) is 0.890. The molecule has 1 amide bonds. The van der Waals surface area contributed by atoms with Gasteiger partial charge in [0.1, 0.15) is 5.82 Å². The van der Waals surface area contributed by atoms with Gasteiger partial charge in [-0.3, -0.25) is 4.79 Å². The molecule has 1 aromatic carbocycles. The van der Waals surface area contributed by atoms with Crippen LogP contribution in [0.2, 0.25) is 0 Å². The summed E-state index contributed by atoms with van der Waals surface area (Å²) in [6.45, 7) is 1.23. The number of nitrogens with zero attached hydrogens (tertiary/aromatic N) is 2. The fourth-order valence-corrected chi connectivity index (χ4v) is 2.69. The van der Waals surface area contributed by atoms with Crippen molar-refractivity contribution in [3.63, 3.8) is 0 Å². The Morgan fingerprint density at radius 1 is 1.45 bits per heavy atom. The number of para-hydroxylation sites is 2. The minimum atomic E-state index is -0.362. The normalized spacial score (nSPS) is 19.4. The van der Waals surface area contributed by atoms with Crippen LogP contribution in [0.15, 0.2) is 24.3 Å². The molecule has 0 spiro atoms. The zero-order valence-electron chi connectivity index (χ0n) is 11.4. The average Bonchev–Trinajstić information content (AvgIpc) is 2.87. The van der Waals surface area contributed by atoms with Gasteiger partial charge in [-0.15, -0.1) is 0 Å². The molecule has 2 N–H and O–H groups in total. The van der Waals surface area contributed by atoms with Crippen molar-refractivity contribution in [1.82, 2.24) is 14.9 Å². The Hall–Kier alpha value is -1.88. The summed E-state index contributed by atoms with van der Waals surface area (Å²) < 4.78 is 0. The van der Waals surface area contributed by atoms with Crippen LogP contribution in [0.3, 0.4) is 0 Å². The lowest BCUT2D eigenvalue weighted by atomic mass is 10.1. The number of aliphatic hydroxyl groups is 1. The van der Waals surface area contributed by atoms with Crippen LogP contribution in [0.25, 0.3) is 11.0 Å². The van der Waals surface area contributed by atoms with E-state index in [-0.39, 0.29) is 12.0 Å². The number of likely N-dealkylation sites (tertiary alicyclic amines) is 1. The maximum Gasteiger partial charge on any atom is 0.223 e. The van der Waals surface area contributed by atoms with Crippen molar-refractivity contribution in [2.45, 2.75) is 31.8 Å². The van der Waals surface area contributed by atoms with Gasteiger partial charge < -0.3 is 15.0 Å². The molecule has 106 valence electrons. The van der Waals surface area contributed by atoms with Gasteiger partial charge in [-0.2, -0.15) is 0 Å². The number of fused-ring (bicyclic) bond motifs is 1. The molecule has 1 aliphatic heterocycles. The van der Waals surface area contributed by atoms with Crippen LogP contribution in [-0.2, 0) is 11.2 Å². The van der Waals surface area contributed by atoms with Gasteiger partial charge in [0.25, 0.3) is 0 Å². The summed E-state index contributed by atoms with van der Waals surface area (Å²) in [6.07, 6.45) is 2.37. The molecule has 0 aliphatic carbocycles. The summed E-state index contributed by atoms with van der Waals surface area (Å²) in [4.78, 5) is 21.6. The molecular formula is C15H19N3O2. The third-order valence-corrected chi connectivity index (χ3v) is 3.76. The number of amides is 1. The number of aromatic amines is 1. The minimum absolute atomic E-state index is 0.101. The first-order chi connectivity index (χ1) is 9.72. The molecule has 3 rings (SSSR count). The molecule has 20 heavy (non-hydrogen) atoms. The van der Waals surface area contributed by atoms with E-state index in [0.29, 0.717) is 19.4 Å². The number of carbonyl (C=O) groups is 1. The molecule has 1 saturated heterocycles. The van der Waals surface area contributed by atoms with Gasteiger partial charge in [0.05, 0.1) is 17.1 Å². The largest absolute Gasteiger partial charge is 0.391 e. The van der Waals surface area contributed by atoms with Crippen molar-refractivity contribution in [1.29, 1.82) is 0 Å². The number of piperidine rings is 1. The van der Waals surface area contributed by atoms with E-state index in [0.717, 1.165) is 36.2 Å². The first-order valence-corrected chi connectivity index (χ1v) is 7.12. The summed E-state index contributed by atoms with van der Waals surface area (Å²) in [7, 11) is 0. The van der Waals surface area contributed by atoms with Crippen LogP contribution in [-0.4, -0.2) is 45.1 Å². The van der Waals surface area contributed by atoms with E-state index in [9.17, 15) is 9.90 Å². The molecular weight excluding hydrogens is 254 g/mol. The second kappa shape index (κ2) is 5.63. The van der Waals surface area contributed by atoms with E-state index in [1.165, 1.54) is 0 Å². The molecule has 0 unspecified atom stereocenters. The predicted molar refractivity (Wildman–Crippen MR) is 76.2 cm³/mol. The summed E-state index contributed by atoms with van der Waals surface area (Å²) in [5, 5.41) is 9.60. The zero-order valence-corrected chi connectivity index (χ0v) is 11.4. The maximum absolute atomic E-state index is 12.1. The topological polar surface area (TPSA) is 69.2 Å². The van der Waals surface area contributed by atoms with Gasteiger partial charge in [0.15, 0.2) is 0 Å². The predicted octanol–water partition coefficient (Wildman–Crippen LogP) is 1.48. The SMILES string of the molecule is O=C(CCc1nc2ccccc2[nH]1)N1CCC[C@H](O)C1. The van der Waals surface area contributed by atoms with E-state index in [1.54, 1.807) is 4.90 Å². The van der Waals surface area contributed by atoms with Crippen molar-refractivity contribution in [2.24, 2.45) is 0 Å². The number of carbonyl (C=O) groups excluding carboxylic acids is 1. The molecule has 1 aromatic heterocycles.